The number of pyridine rings is 1. The summed E-state index contributed by atoms with van der Waals surface area (Å²) in [7, 11) is 0. The van der Waals surface area contributed by atoms with Gasteiger partial charge in [-0.05, 0) is 90.0 Å². The van der Waals surface area contributed by atoms with E-state index in [9.17, 15) is 5.26 Å². The minimum Gasteiger partial charge on any atom is -0.456 e. The first kappa shape index (κ1) is 25.7. The number of benzene rings is 6. The first-order valence-electron chi connectivity index (χ1n) is 15.6. The van der Waals surface area contributed by atoms with Gasteiger partial charge >= 0.3 is 0 Å². The molecule has 5 nitrogen and oxygen atoms in total. The van der Waals surface area contributed by atoms with E-state index in [2.05, 4.69) is 124 Å². The third kappa shape index (κ3) is 3.73. The van der Waals surface area contributed by atoms with E-state index in [1.807, 2.05) is 36.5 Å². The van der Waals surface area contributed by atoms with Crippen molar-refractivity contribution in [1.82, 2.24) is 14.1 Å². The predicted molar refractivity (Wildman–Crippen MR) is 190 cm³/mol. The highest BCUT2D eigenvalue weighted by Crippen LogP contribution is 2.39. The number of nitriles is 1. The van der Waals surface area contributed by atoms with Crippen LogP contribution < -0.4 is 0 Å². The van der Waals surface area contributed by atoms with E-state index in [0.717, 1.165) is 88.2 Å². The quantitative estimate of drug-likeness (QED) is 0.203. The molecule has 0 aliphatic heterocycles. The molecule has 4 heterocycles. The Morgan fingerprint density at radius 3 is 2.00 bits per heavy atom. The van der Waals surface area contributed by atoms with Crippen molar-refractivity contribution in [3.63, 3.8) is 0 Å². The lowest BCUT2D eigenvalue weighted by Gasteiger charge is -2.12. The Bertz CT molecular complexity index is 2930. The van der Waals surface area contributed by atoms with Crippen molar-refractivity contribution in [2.75, 3.05) is 0 Å². The van der Waals surface area contributed by atoms with Gasteiger partial charge in [-0.15, -0.1) is 0 Å². The van der Waals surface area contributed by atoms with Gasteiger partial charge in [0.25, 0.3) is 0 Å². The van der Waals surface area contributed by atoms with E-state index in [-0.39, 0.29) is 0 Å². The topological polar surface area (TPSA) is 59.7 Å². The molecule has 218 valence electrons. The molecule has 6 aromatic carbocycles. The summed E-state index contributed by atoms with van der Waals surface area (Å²) in [4.78, 5) is 4.81. The van der Waals surface area contributed by atoms with Gasteiger partial charge in [-0.1, -0.05) is 60.7 Å². The largest absolute Gasteiger partial charge is 0.456 e. The SMILES string of the molecule is N#Cc1ccc2c(c1)c1ccccc1n2-c1cccc(-c2cccc(-n3c4cc5c(cc4c4ncccc43)oc3ccccc35)c2)c1. The molecular weight excluding hydrogens is 576 g/mol. The molecule has 0 saturated carbocycles. The Balaban J connectivity index is 1.17. The van der Waals surface area contributed by atoms with Crippen molar-refractivity contribution in [2.45, 2.75) is 0 Å². The molecule has 0 bridgehead atoms. The van der Waals surface area contributed by atoms with Gasteiger partial charge in [0.15, 0.2) is 0 Å². The Hall–Kier alpha value is -6.64. The van der Waals surface area contributed by atoms with Crippen molar-refractivity contribution in [3.05, 3.63) is 151 Å². The molecule has 0 amide bonds. The minimum absolute atomic E-state index is 0.660. The van der Waals surface area contributed by atoms with Crippen molar-refractivity contribution < 1.29 is 4.42 Å². The van der Waals surface area contributed by atoms with Gasteiger partial charge in [0, 0.05) is 44.5 Å². The zero-order chi connectivity index (χ0) is 31.1. The second-order valence-corrected chi connectivity index (χ2v) is 12.0. The van der Waals surface area contributed by atoms with Gasteiger partial charge in [-0.25, -0.2) is 0 Å². The second kappa shape index (κ2) is 9.68. The monoisotopic (exact) mass is 600 g/mol. The summed E-state index contributed by atoms with van der Waals surface area (Å²) >= 11 is 0. The zero-order valence-electron chi connectivity index (χ0n) is 25.1. The molecule has 47 heavy (non-hydrogen) atoms. The van der Waals surface area contributed by atoms with Crippen LogP contribution in [0.4, 0.5) is 0 Å². The molecule has 0 atom stereocenters. The van der Waals surface area contributed by atoms with Crippen LogP contribution in [0.1, 0.15) is 5.56 Å². The third-order valence-corrected chi connectivity index (χ3v) is 9.36. The number of hydrogen-bond acceptors (Lipinski definition) is 3. The van der Waals surface area contributed by atoms with Gasteiger partial charge in [0.05, 0.1) is 39.2 Å². The fourth-order valence-electron chi connectivity index (χ4n) is 7.30. The van der Waals surface area contributed by atoms with Gasteiger partial charge in [0.2, 0.25) is 0 Å². The lowest BCUT2D eigenvalue weighted by Crippen LogP contribution is -1.96. The molecular formula is C42H24N4O. The average Bonchev–Trinajstić information content (AvgIpc) is 3.77. The van der Waals surface area contributed by atoms with Gasteiger partial charge in [0.1, 0.15) is 11.2 Å². The molecule has 0 aliphatic carbocycles. The maximum atomic E-state index is 9.58. The number of hydrogen-bond donors (Lipinski definition) is 0. The van der Waals surface area contributed by atoms with Crippen molar-refractivity contribution in [2.24, 2.45) is 0 Å². The highest BCUT2D eigenvalue weighted by Gasteiger charge is 2.18. The molecule has 4 aromatic heterocycles. The van der Waals surface area contributed by atoms with E-state index < -0.39 is 0 Å². The summed E-state index contributed by atoms with van der Waals surface area (Å²) in [5.41, 5.74) is 12.0. The number of para-hydroxylation sites is 2. The van der Waals surface area contributed by atoms with Crippen molar-refractivity contribution in [1.29, 1.82) is 5.26 Å². The van der Waals surface area contributed by atoms with E-state index in [1.165, 1.54) is 0 Å². The second-order valence-electron chi connectivity index (χ2n) is 12.0. The Morgan fingerprint density at radius 2 is 1.19 bits per heavy atom. The summed E-state index contributed by atoms with van der Waals surface area (Å²) in [5, 5.41) is 15.0. The van der Waals surface area contributed by atoms with Crippen LogP contribution in [0.25, 0.3) is 88.2 Å². The summed E-state index contributed by atoms with van der Waals surface area (Å²) < 4.78 is 10.9. The molecule has 0 unspecified atom stereocenters. The molecule has 10 rings (SSSR count). The Kier molecular flexibility index (Phi) is 5.28. The highest BCUT2D eigenvalue weighted by atomic mass is 16.3. The highest BCUT2D eigenvalue weighted by molar-refractivity contribution is 6.16. The summed E-state index contributed by atoms with van der Waals surface area (Å²) in [6.45, 7) is 0. The molecule has 0 aliphatic rings. The van der Waals surface area contributed by atoms with Gasteiger partial charge in [-0.3, -0.25) is 4.98 Å². The fraction of sp³-hybridized carbons (Fsp3) is 0. The van der Waals surface area contributed by atoms with E-state index in [1.54, 1.807) is 0 Å². The first-order chi connectivity index (χ1) is 23.2. The number of furan rings is 1. The third-order valence-electron chi connectivity index (χ3n) is 9.36. The van der Waals surface area contributed by atoms with E-state index in [4.69, 9.17) is 9.40 Å². The van der Waals surface area contributed by atoms with E-state index in [0.29, 0.717) is 5.56 Å². The van der Waals surface area contributed by atoms with Crippen molar-refractivity contribution >= 4 is 65.7 Å². The lowest BCUT2D eigenvalue weighted by atomic mass is 10.0. The van der Waals surface area contributed by atoms with Crippen LogP contribution in [0, 0.1) is 11.3 Å². The maximum Gasteiger partial charge on any atom is 0.136 e. The normalized spacial score (nSPS) is 11.8. The zero-order valence-corrected chi connectivity index (χ0v) is 25.1. The van der Waals surface area contributed by atoms with Gasteiger partial charge in [-0.2, -0.15) is 5.26 Å². The molecule has 5 heteroatoms. The standard InChI is InChI=1S/C42H24N4O/c43-25-26-17-18-37-33(20-26)31-12-1-3-14-36(31)45(37)29-10-5-8-27(21-29)28-9-6-11-30(22-28)46-38-15-7-19-44-42(38)35-24-41-34(23-39(35)46)32-13-2-4-16-40(32)47-41/h1-24H. The smallest absolute Gasteiger partial charge is 0.136 e. The number of nitrogens with zero attached hydrogens (tertiary/aromatic N) is 4. The predicted octanol–water partition coefficient (Wildman–Crippen LogP) is 10.7. The number of aromatic nitrogens is 3. The Morgan fingerprint density at radius 1 is 0.489 bits per heavy atom. The van der Waals surface area contributed by atoms with Crippen LogP contribution in [0.3, 0.4) is 0 Å². The van der Waals surface area contributed by atoms with Crippen LogP contribution >= 0.6 is 0 Å². The molecule has 0 saturated heterocycles. The van der Waals surface area contributed by atoms with Crippen LogP contribution in [-0.2, 0) is 0 Å². The Labute approximate surface area is 268 Å². The van der Waals surface area contributed by atoms with Crippen LogP contribution in [0.5, 0.6) is 0 Å². The molecule has 10 aromatic rings. The minimum atomic E-state index is 0.660. The molecule has 0 fully saturated rings. The average molecular weight is 601 g/mol. The first-order valence-corrected chi connectivity index (χ1v) is 15.6. The molecule has 0 spiro atoms. The lowest BCUT2D eigenvalue weighted by molar-refractivity contribution is 0.669. The van der Waals surface area contributed by atoms with Crippen LogP contribution in [0.15, 0.2) is 150 Å². The summed E-state index contributed by atoms with van der Waals surface area (Å²) in [5.74, 6) is 0. The summed E-state index contributed by atoms with van der Waals surface area (Å²) in [6, 6.07) is 50.7. The molecule has 0 radical (unpaired) electrons. The van der Waals surface area contributed by atoms with Crippen LogP contribution in [0.2, 0.25) is 0 Å². The number of fused-ring (bicyclic) bond motifs is 9. The van der Waals surface area contributed by atoms with Crippen molar-refractivity contribution in [3.8, 4) is 28.6 Å². The van der Waals surface area contributed by atoms with Crippen LogP contribution in [-0.4, -0.2) is 14.1 Å². The van der Waals surface area contributed by atoms with E-state index >= 15 is 0 Å². The summed E-state index contributed by atoms with van der Waals surface area (Å²) in [6.07, 6.45) is 1.85. The maximum absolute atomic E-state index is 9.58. The fourth-order valence-corrected chi connectivity index (χ4v) is 7.30. The van der Waals surface area contributed by atoms with Gasteiger partial charge < -0.3 is 13.6 Å². The molecule has 0 N–H and O–H groups in total. The number of rotatable bonds is 3.